The number of rotatable bonds is 6. The molecule has 1 atom stereocenters. The van der Waals surface area contributed by atoms with Gasteiger partial charge in [0.15, 0.2) is 5.82 Å². The number of methoxy groups -OCH3 is 1. The highest BCUT2D eigenvalue weighted by Gasteiger charge is 2.30. The average molecular weight is 344 g/mol. The summed E-state index contributed by atoms with van der Waals surface area (Å²) in [5.41, 5.74) is 1.16. The molecule has 2 aromatic rings. The maximum absolute atomic E-state index is 5.23. The predicted molar refractivity (Wildman–Crippen MR) is 96.6 cm³/mol. The maximum Gasteiger partial charge on any atom is 0.169 e. The number of hydrogen-bond acceptors (Lipinski definition) is 6. The molecular formula is C18H28N6O. The lowest BCUT2D eigenvalue weighted by Gasteiger charge is -2.39. The van der Waals surface area contributed by atoms with Crippen LogP contribution in [0.4, 0.5) is 0 Å². The number of ether oxygens (including phenoxy) is 1. The molecule has 1 saturated heterocycles. The molecule has 7 nitrogen and oxygen atoms in total. The van der Waals surface area contributed by atoms with Gasteiger partial charge in [0.2, 0.25) is 0 Å². The van der Waals surface area contributed by atoms with Crippen molar-refractivity contribution in [2.45, 2.75) is 26.4 Å². The van der Waals surface area contributed by atoms with E-state index in [4.69, 9.17) is 4.74 Å². The number of benzene rings is 1. The minimum atomic E-state index is 0.238. The molecule has 1 aliphatic rings. The van der Waals surface area contributed by atoms with Crippen molar-refractivity contribution in [3.63, 3.8) is 0 Å². The van der Waals surface area contributed by atoms with E-state index in [1.54, 1.807) is 7.11 Å². The summed E-state index contributed by atoms with van der Waals surface area (Å²) in [6.07, 6.45) is 0. The zero-order chi connectivity index (χ0) is 17.8. The van der Waals surface area contributed by atoms with Gasteiger partial charge >= 0.3 is 0 Å². The van der Waals surface area contributed by atoms with Gasteiger partial charge in [0, 0.05) is 26.2 Å². The van der Waals surface area contributed by atoms with E-state index in [2.05, 4.69) is 58.4 Å². The van der Waals surface area contributed by atoms with Crippen LogP contribution in [0.5, 0.6) is 5.75 Å². The molecule has 0 unspecified atom stereocenters. The minimum absolute atomic E-state index is 0.238. The molecular weight excluding hydrogens is 316 g/mol. The first kappa shape index (κ1) is 17.8. The van der Waals surface area contributed by atoms with Gasteiger partial charge in [-0.3, -0.25) is 4.90 Å². The quantitative estimate of drug-likeness (QED) is 0.795. The Hall–Kier alpha value is -1.99. The van der Waals surface area contributed by atoms with E-state index >= 15 is 0 Å². The molecule has 1 aromatic heterocycles. The Morgan fingerprint density at radius 3 is 2.36 bits per heavy atom. The van der Waals surface area contributed by atoms with E-state index in [-0.39, 0.29) is 6.04 Å². The van der Waals surface area contributed by atoms with Crippen molar-refractivity contribution >= 4 is 0 Å². The lowest BCUT2D eigenvalue weighted by molar-refractivity contribution is 0.0812. The zero-order valence-electron chi connectivity index (χ0n) is 15.6. The summed E-state index contributed by atoms with van der Waals surface area (Å²) in [7, 11) is 3.85. The van der Waals surface area contributed by atoms with Crippen molar-refractivity contribution in [2.75, 3.05) is 40.3 Å². The van der Waals surface area contributed by atoms with Crippen molar-refractivity contribution < 1.29 is 4.74 Å². The van der Waals surface area contributed by atoms with Crippen LogP contribution in [0.2, 0.25) is 0 Å². The highest BCUT2D eigenvalue weighted by Crippen LogP contribution is 2.28. The van der Waals surface area contributed by atoms with E-state index in [1.165, 1.54) is 0 Å². The number of likely N-dealkylation sites (N-methyl/N-ethyl adjacent to an activating group) is 1. The number of hydrogen-bond donors (Lipinski definition) is 0. The van der Waals surface area contributed by atoms with Gasteiger partial charge in [0.25, 0.3) is 0 Å². The summed E-state index contributed by atoms with van der Waals surface area (Å²) >= 11 is 0. The lowest BCUT2D eigenvalue weighted by Crippen LogP contribution is -2.47. The SMILES string of the molecule is COc1ccc(Cn2nnnc2[C@@H](C(C)C)N2CCN(C)CC2)cc1. The van der Waals surface area contributed by atoms with Crippen LogP contribution in [-0.2, 0) is 6.54 Å². The summed E-state index contributed by atoms with van der Waals surface area (Å²) < 4.78 is 7.16. The molecule has 136 valence electrons. The Morgan fingerprint density at radius 2 is 1.76 bits per heavy atom. The van der Waals surface area contributed by atoms with Gasteiger partial charge in [0.1, 0.15) is 5.75 Å². The highest BCUT2D eigenvalue weighted by atomic mass is 16.5. The smallest absolute Gasteiger partial charge is 0.169 e. The van der Waals surface area contributed by atoms with Crippen molar-refractivity contribution in [1.29, 1.82) is 0 Å². The first-order chi connectivity index (χ1) is 12.1. The van der Waals surface area contributed by atoms with Crippen LogP contribution < -0.4 is 4.74 Å². The van der Waals surface area contributed by atoms with Crippen LogP contribution in [-0.4, -0.2) is 70.3 Å². The predicted octanol–water partition coefficient (Wildman–Crippen LogP) is 1.67. The minimum Gasteiger partial charge on any atom is -0.497 e. The summed E-state index contributed by atoms with van der Waals surface area (Å²) in [6.45, 7) is 9.43. The first-order valence-corrected chi connectivity index (χ1v) is 8.90. The second-order valence-corrected chi connectivity index (χ2v) is 7.07. The second kappa shape index (κ2) is 7.93. The summed E-state index contributed by atoms with van der Waals surface area (Å²) in [5.74, 6) is 2.26. The normalized spacial score (nSPS) is 17.8. The van der Waals surface area contributed by atoms with Gasteiger partial charge in [-0.15, -0.1) is 5.10 Å². The number of aromatic nitrogens is 4. The van der Waals surface area contributed by atoms with Crippen LogP contribution in [0.25, 0.3) is 0 Å². The topological polar surface area (TPSA) is 59.3 Å². The van der Waals surface area contributed by atoms with Crippen molar-refractivity contribution in [3.05, 3.63) is 35.7 Å². The number of nitrogens with zero attached hydrogens (tertiary/aromatic N) is 6. The van der Waals surface area contributed by atoms with Gasteiger partial charge in [-0.25, -0.2) is 4.68 Å². The second-order valence-electron chi connectivity index (χ2n) is 7.07. The largest absolute Gasteiger partial charge is 0.497 e. The lowest BCUT2D eigenvalue weighted by atomic mass is 10.0. The molecule has 0 amide bonds. The number of tetrazole rings is 1. The molecule has 1 aromatic carbocycles. The fraction of sp³-hybridized carbons (Fsp3) is 0.611. The molecule has 0 saturated carbocycles. The van der Waals surface area contributed by atoms with Crippen molar-refractivity contribution in [3.8, 4) is 5.75 Å². The van der Waals surface area contributed by atoms with Gasteiger partial charge in [0.05, 0.1) is 19.7 Å². The molecule has 25 heavy (non-hydrogen) atoms. The maximum atomic E-state index is 5.23. The molecule has 1 fully saturated rings. The van der Waals surface area contributed by atoms with Gasteiger partial charge in [-0.2, -0.15) is 0 Å². The van der Waals surface area contributed by atoms with Crippen LogP contribution in [0.1, 0.15) is 31.3 Å². The highest BCUT2D eigenvalue weighted by molar-refractivity contribution is 5.27. The van der Waals surface area contributed by atoms with Crippen molar-refractivity contribution in [2.24, 2.45) is 5.92 Å². The molecule has 0 radical (unpaired) electrons. The average Bonchev–Trinajstić information content (AvgIpc) is 3.05. The third-order valence-electron chi connectivity index (χ3n) is 4.88. The first-order valence-electron chi connectivity index (χ1n) is 8.90. The molecule has 2 heterocycles. The Morgan fingerprint density at radius 1 is 1.08 bits per heavy atom. The fourth-order valence-electron chi connectivity index (χ4n) is 3.42. The molecule has 7 heteroatoms. The van der Waals surface area contributed by atoms with E-state index in [9.17, 15) is 0 Å². The third-order valence-corrected chi connectivity index (χ3v) is 4.88. The van der Waals surface area contributed by atoms with Crippen molar-refractivity contribution in [1.82, 2.24) is 30.0 Å². The zero-order valence-corrected chi connectivity index (χ0v) is 15.6. The third kappa shape index (κ3) is 4.16. The van der Waals surface area contributed by atoms with Crippen LogP contribution in [0, 0.1) is 5.92 Å². The van der Waals surface area contributed by atoms with Gasteiger partial charge in [-0.1, -0.05) is 26.0 Å². The van der Waals surface area contributed by atoms with E-state index in [0.717, 1.165) is 43.3 Å². The summed E-state index contributed by atoms with van der Waals surface area (Å²) in [4.78, 5) is 4.88. The molecule has 0 bridgehead atoms. The Bertz CT molecular complexity index is 660. The van der Waals surface area contributed by atoms with Gasteiger partial charge < -0.3 is 9.64 Å². The number of piperazine rings is 1. The van der Waals surface area contributed by atoms with E-state index < -0.39 is 0 Å². The van der Waals surface area contributed by atoms with E-state index in [1.807, 2.05) is 16.8 Å². The summed E-state index contributed by atoms with van der Waals surface area (Å²) in [5, 5.41) is 12.6. The molecule has 1 aliphatic heterocycles. The van der Waals surface area contributed by atoms with Crippen LogP contribution in [0.3, 0.4) is 0 Å². The molecule has 0 aliphatic carbocycles. The Balaban J connectivity index is 1.79. The standard InChI is InChI=1S/C18H28N6O/c1-14(2)17(23-11-9-22(3)10-12-23)18-19-20-21-24(18)13-15-5-7-16(25-4)8-6-15/h5-8,14,17H,9-13H2,1-4H3/t17-/m1/s1. The van der Waals surface area contributed by atoms with Crippen LogP contribution in [0.15, 0.2) is 24.3 Å². The van der Waals surface area contributed by atoms with Crippen LogP contribution >= 0.6 is 0 Å². The van der Waals surface area contributed by atoms with E-state index in [0.29, 0.717) is 12.5 Å². The monoisotopic (exact) mass is 344 g/mol. The summed E-state index contributed by atoms with van der Waals surface area (Å²) in [6, 6.07) is 8.30. The Kier molecular flexibility index (Phi) is 5.65. The molecule has 3 rings (SSSR count). The fourth-order valence-corrected chi connectivity index (χ4v) is 3.42. The molecule has 0 N–H and O–H groups in total. The Labute approximate surface area is 149 Å². The molecule has 0 spiro atoms. The van der Waals surface area contributed by atoms with Gasteiger partial charge in [-0.05, 0) is 41.1 Å².